The molecule has 0 bridgehead atoms. The Kier molecular flexibility index (Phi) is 7.17. The number of ether oxygens (including phenoxy) is 1. The number of hydrogen-bond acceptors (Lipinski definition) is 3. The van der Waals surface area contributed by atoms with E-state index in [1.165, 1.54) is 0 Å². The van der Waals surface area contributed by atoms with Crippen molar-refractivity contribution in [2.75, 3.05) is 0 Å². The highest BCUT2D eigenvalue weighted by molar-refractivity contribution is 5.79. The minimum Gasteiger partial charge on any atom is -0.480 e. The van der Waals surface area contributed by atoms with Gasteiger partial charge in [-0.2, -0.15) is 0 Å². The molecule has 2 N–H and O–H groups in total. The maximum Gasteiger partial charge on any atom is 0.408 e. The molecule has 5 heteroatoms. The molecule has 0 aromatic carbocycles. The van der Waals surface area contributed by atoms with E-state index in [0.717, 1.165) is 19.3 Å². The quantitative estimate of drug-likeness (QED) is 0.784. The lowest BCUT2D eigenvalue weighted by Crippen LogP contribution is -2.45. The Bertz CT molecular complexity index is 381. The molecule has 4 atom stereocenters. The number of carboxylic acid groups (broad SMARTS) is 1. The first-order valence-corrected chi connectivity index (χ1v) is 8.40. The predicted octanol–water partition coefficient (Wildman–Crippen LogP) is 3.67. The minimum absolute atomic E-state index is 0.114. The van der Waals surface area contributed by atoms with Crippen molar-refractivity contribution in [2.45, 2.75) is 72.4 Å². The van der Waals surface area contributed by atoms with E-state index in [1.807, 2.05) is 13.8 Å². The van der Waals surface area contributed by atoms with Gasteiger partial charge < -0.3 is 15.2 Å². The second-order valence-electron chi connectivity index (χ2n) is 7.43. The van der Waals surface area contributed by atoms with Crippen LogP contribution in [-0.2, 0) is 9.53 Å². The van der Waals surface area contributed by atoms with Crippen molar-refractivity contribution in [3.63, 3.8) is 0 Å². The smallest absolute Gasteiger partial charge is 0.408 e. The van der Waals surface area contributed by atoms with Crippen LogP contribution in [0.3, 0.4) is 0 Å². The van der Waals surface area contributed by atoms with Crippen LogP contribution >= 0.6 is 0 Å². The third-order valence-corrected chi connectivity index (χ3v) is 4.52. The summed E-state index contributed by atoms with van der Waals surface area (Å²) in [7, 11) is 0. The van der Waals surface area contributed by atoms with Gasteiger partial charge in [-0.05, 0) is 42.9 Å². The fourth-order valence-corrected chi connectivity index (χ4v) is 3.26. The molecule has 0 aromatic rings. The van der Waals surface area contributed by atoms with Crippen LogP contribution in [0, 0.1) is 23.7 Å². The van der Waals surface area contributed by atoms with Gasteiger partial charge >= 0.3 is 12.1 Å². The Morgan fingerprint density at radius 1 is 1.23 bits per heavy atom. The standard InChI is InChI=1S/C17H31NO4/c1-10(2)8-14(16(19)20)18-17(21)22-15-9-12(5)6-7-13(15)11(3)4/h10-15H,6-9H2,1-5H3,(H,18,21)(H,19,20)/t12-,13+,14-,15-/m0/s1. The molecule has 1 aliphatic carbocycles. The Morgan fingerprint density at radius 3 is 2.36 bits per heavy atom. The van der Waals surface area contributed by atoms with Gasteiger partial charge in [0.25, 0.3) is 0 Å². The van der Waals surface area contributed by atoms with Gasteiger partial charge in [-0.25, -0.2) is 9.59 Å². The molecular formula is C17H31NO4. The number of rotatable bonds is 6. The third kappa shape index (κ3) is 5.85. The van der Waals surface area contributed by atoms with Crippen LogP contribution in [0.1, 0.15) is 60.3 Å². The van der Waals surface area contributed by atoms with Crippen LogP contribution in [-0.4, -0.2) is 29.3 Å². The van der Waals surface area contributed by atoms with Crippen molar-refractivity contribution in [3.8, 4) is 0 Å². The highest BCUT2D eigenvalue weighted by Gasteiger charge is 2.34. The summed E-state index contributed by atoms with van der Waals surface area (Å²) < 4.78 is 5.58. The predicted molar refractivity (Wildman–Crippen MR) is 85.6 cm³/mol. The highest BCUT2D eigenvalue weighted by atomic mass is 16.6. The molecular weight excluding hydrogens is 282 g/mol. The maximum atomic E-state index is 12.1. The summed E-state index contributed by atoms with van der Waals surface area (Å²) in [5.74, 6) is 0.535. The van der Waals surface area contributed by atoms with E-state index < -0.39 is 18.1 Å². The fraction of sp³-hybridized carbons (Fsp3) is 0.882. The summed E-state index contributed by atoms with van der Waals surface area (Å²) >= 11 is 0. The second-order valence-corrected chi connectivity index (χ2v) is 7.43. The van der Waals surface area contributed by atoms with Crippen molar-refractivity contribution in [1.82, 2.24) is 5.32 Å². The van der Waals surface area contributed by atoms with Crippen molar-refractivity contribution in [1.29, 1.82) is 0 Å². The number of carbonyl (C=O) groups is 2. The Balaban J connectivity index is 2.62. The molecule has 128 valence electrons. The lowest BCUT2D eigenvalue weighted by molar-refractivity contribution is -0.139. The molecule has 0 saturated heterocycles. The molecule has 0 aromatic heterocycles. The first-order valence-electron chi connectivity index (χ1n) is 8.40. The second kappa shape index (κ2) is 8.39. The lowest BCUT2D eigenvalue weighted by atomic mass is 9.75. The van der Waals surface area contributed by atoms with E-state index in [-0.39, 0.29) is 12.0 Å². The largest absolute Gasteiger partial charge is 0.480 e. The van der Waals surface area contributed by atoms with Gasteiger partial charge in [0, 0.05) is 0 Å². The Labute approximate surface area is 133 Å². The van der Waals surface area contributed by atoms with E-state index >= 15 is 0 Å². The van der Waals surface area contributed by atoms with E-state index in [4.69, 9.17) is 4.74 Å². The number of amides is 1. The van der Waals surface area contributed by atoms with Crippen LogP contribution in [0.2, 0.25) is 0 Å². The third-order valence-electron chi connectivity index (χ3n) is 4.52. The van der Waals surface area contributed by atoms with Gasteiger partial charge in [0.2, 0.25) is 0 Å². The maximum absolute atomic E-state index is 12.1. The number of alkyl carbamates (subject to hydrolysis) is 1. The van der Waals surface area contributed by atoms with Crippen LogP contribution in [0.5, 0.6) is 0 Å². The molecule has 0 radical (unpaired) electrons. The average Bonchev–Trinajstić information content (AvgIpc) is 2.36. The zero-order valence-electron chi connectivity index (χ0n) is 14.5. The van der Waals surface area contributed by atoms with E-state index in [2.05, 4.69) is 26.1 Å². The molecule has 1 fully saturated rings. The molecule has 0 aliphatic heterocycles. The monoisotopic (exact) mass is 313 g/mol. The van der Waals surface area contributed by atoms with Crippen molar-refractivity contribution in [3.05, 3.63) is 0 Å². The first kappa shape index (κ1) is 18.8. The normalized spacial score (nSPS) is 26.8. The molecule has 0 heterocycles. The Morgan fingerprint density at radius 2 is 1.86 bits per heavy atom. The summed E-state index contributed by atoms with van der Waals surface area (Å²) in [4.78, 5) is 23.3. The van der Waals surface area contributed by atoms with E-state index in [1.54, 1.807) is 0 Å². The number of nitrogens with one attached hydrogen (secondary N) is 1. The van der Waals surface area contributed by atoms with Crippen LogP contribution in [0.4, 0.5) is 4.79 Å². The van der Waals surface area contributed by atoms with Gasteiger partial charge in [-0.1, -0.05) is 41.0 Å². The zero-order valence-corrected chi connectivity index (χ0v) is 14.5. The Hall–Kier alpha value is -1.26. The lowest BCUT2D eigenvalue weighted by Gasteiger charge is -2.36. The van der Waals surface area contributed by atoms with Crippen LogP contribution in [0.15, 0.2) is 0 Å². The van der Waals surface area contributed by atoms with E-state index in [9.17, 15) is 14.7 Å². The fourth-order valence-electron chi connectivity index (χ4n) is 3.26. The zero-order chi connectivity index (χ0) is 16.9. The molecule has 22 heavy (non-hydrogen) atoms. The van der Waals surface area contributed by atoms with Crippen LogP contribution < -0.4 is 5.32 Å². The summed E-state index contributed by atoms with van der Waals surface area (Å²) in [6.45, 7) is 10.3. The molecule has 1 rings (SSSR count). The average molecular weight is 313 g/mol. The van der Waals surface area contributed by atoms with Crippen molar-refractivity contribution >= 4 is 12.1 Å². The number of carboxylic acids is 1. The van der Waals surface area contributed by atoms with Gasteiger partial charge in [-0.15, -0.1) is 0 Å². The summed E-state index contributed by atoms with van der Waals surface area (Å²) in [6, 6.07) is -0.883. The highest BCUT2D eigenvalue weighted by Crippen LogP contribution is 2.35. The van der Waals surface area contributed by atoms with Crippen molar-refractivity contribution < 1.29 is 19.4 Å². The summed E-state index contributed by atoms with van der Waals surface area (Å²) in [6.07, 6.45) is 2.77. The van der Waals surface area contributed by atoms with Gasteiger partial charge in [-0.3, -0.25) is 0 Å². The molecule has 0 unspecified atom stereocenters. The topological polar surface area (TPSA) is 75.6 Å². The van der Waals surface area contributed by atoms with Gasteiger partial charge in [0.1, 0.15) is 12.1 Å². The van der Waals surface area contributed by atoms with Gasteiger partial charge in [0.05, 0.1) is 0 Å². The summed E-state index contributed by atoms with van der Waals surface area (Å²) in [5.41, 5.74) is 0. The minimum atomic E-state index is -1.01. The first-order chi connectivity index (χ1) is 10.2. The van der Waals surface area contributed by atoms with Crippen molar-refractivity contribution in [2.24, 2.45) is 23.7 Å². The van der Waals surface area contributed by atoms with Gasteiger partial charge in [0.15, 0.2) is 0 Å². The SMILES string of the molecule is CC(C)C[C@H](NC(=O)O[C@H]1C[C@@H](C)CC[C@@H]1C(C)C)C(=O)O. The molecule has 5 nitrogen and oxygen atoms in total. The number of carbonyl (C=O) groups excluding carboxylic acids is 1. The summed E-state index contributed by atoms with van der Waals surface area (Å²) in [5, 5.41) is 11.7. The molecule has 0 spiro atoms. The van der Waals surface area contributed by atoms with Crippen LogP contribution in [0.25, 0.3) is 0 Å². The molecule has 1 saturated carbocycles. The number of hydrogen-bond donors (Lipinski definition) is 2. The molecule has 1 amide bonds. The van der Waals surface area contributed by atoms with E-state index in [0.29, 0.717) is 24.2 Å². The molecule has 1 aliphatic rings. The number of aliphatic carboxylic acids is 1.